The second-order valence-corrected chi connectivity index (χ2v) is 2.07. The van der Waals surface area contributed by atoms with E-state index in [4.69, 9.17) is 0 Å². The number of aromatic amines is 1. The van der Waals surface area contributed by atoms with Gasteiger partial charge in [-0.05, 0) is 25.5 Å². The van der Waals surface area contributed by atoms with Crippen LogP contribution in [-0.4, -0.2) is 11.5 Å². The molecule has 0 atom stereocenters. The van der Waals surface area contributed by atoms with Gasteiger partial charge in [0.2, 0.25) is 0 Å². The minimum atomic E-state index is 0.974. The van der Waals surface area contributed by atoms with Crippen LogP contribution >= 0.6 is 0 Å². The molecule has 1 heterocycles. The van der Waals surface area contributed by atoms with E-state index in [1.165, 1.54) is 5.56 Å². The quantitative estimate of drug-likeness (QED) is 0.617. The molecule has 0 saturated heterocycles. The molecule has 1 aromatic rings. The molecule has 0 fully saturated rings. The SMILES string of the molecule is CCNc1[nH]ccc1C. The van der Waals surface area contributed by atoms with Crippen molar-refractivity contribution >= 4 is 5.82 Å². The van der Waals surface area contributed by atoms with Gasteiger partial charge in [0.25, 0.3) is 0 Å². The highest BCUT2D eigenvalue weighted by Crippen LogP contribution is 2.08. The van der Waals surface area contributed by atoms with Gasteiger partial charge in [-0.3, -0.25) is 0 Å². The summed E-state index contributed by atoms with van der Waals surface area (Å²) in [6.45, 7) is 5.14. The van der Waals surface area contributed by atoms with Crippen molar-refractivity contribution in [3.63, 3.8) is 0 Å². The van der Waals surface area contributed by atoms with Crippen LogP contribution in [0.1, 0.15) is 12.5 Å². The molecule has 0 spiro atoms. The maximum Gasteiger partial charge on any atom is 0.106 e. The fourth-order valence-electron chi connectivity index (χ4n) is 0.814. The summed E-state index contributed by atoms with van der Waals surface area (Å²) in [5.41, 5.74) is 1.27. The number of H-pyrrole nitrogens is 1. The van der Waals surface area contributed by atoms with Crippen LogP contribution in [0.5, 0.6) is 0 Å². The molecular weight excluding hydrogens is 112 g/mol. The molecule has 0 unspecified atom stereocenters. The summed E-state index contributed by atoms with van der Waals surface area (Å²) < 4.78 is 0. The van der Waals surface area contributed by atoms with Crippen molar-refractivity contribution in [2.45, 2.75) is 13.8 Å². The average Bonchev–Trinajstić information content (AvgIpc) is 2.18. The molecule has 1 aromatic heterocycles. The monoisotopic (exact) mass is 124 g/mol. The molecule has 0 saturated carbocycles. The van der Waals surface area contributed by atoms with E-state index in [0.717, 1.165) is 12.4 Å². The first kappa shape index (κ1) is 6.20. The van der Waals surface area contributed by atoms with Gasteiger partial charge in [-0.15, -0.1) is 0 Å². The number of nitrogens with one attached hydrogen (secondary N) is 2. The van der Waals surface area contributed by atoms with Crippen LogP contribution in [0.4, 0.5) is 5.82 Å². The number of rotatable bonds is 2. The molecule has 2 heteroatoms. The fourth-order valence-corrected chi connectivity index (χ4v) is 0.814. The van der Waals surface area contributed by atoms with Crippen LogP contribution in [0, 0.1) is 6.92 Å². The molecule has 0 aliphatic heterocycles. The molecule has 0 bridgehead atoms. The number of hydrogen-bond acceptors (Lipinski definition) is 1. The van der Waals surface area contributed by atoms with E-state index in [9.17, 15) is 0 Å². The molecule has 0 aliphatic carbocycles. The Hall–Kier alpha value is -0.920. The Balaban J connectivity index is 2.69. The average molecular weight is 124 g/mol. The van der Waals surface area contributed by atoms with E-state index in [1.807, 2.05) is 6.20 Å². The maximum atomic E-state index is 3.20. The fraction of sp³-hybridized carbons (Fsp3) is 0.429. The summed E-state index contributed by atoms with van der Waals surface area (Å²) in [5.74, 6) is 1.14. The van der Waals surface area contributed by atoms with Crippen LogP contribution in [0.2, 0.25) is 0 Å². The minimum absolute atomic E-state index is 0.974. The number of anilines is 1. The highest BCUT2D eigenvalue weighted by molar-refractivity contribution is 5.43. The molecule has 0 radical (unpaired) electrons. The number of aromatic nitrogens is 1. The van der Waals surface area contributed by atoms with Gasteiger partial charge in [0.1, 0.15) is 5.82 Å². The Morgan fingerprint density at radius 1 is 1.67 bits per heavy atom. The first-order valence-electron chi connectivity index (χ1n) is 3.22. The van der Waals surface area contributed by atoms with Gasteiger partial charge in [0.05, 0.1) is 0 Å². The van der Waals surface area contributed by atoms with Gasteiger partial charge in [-0.1, -0.05) is 0 Å². The normalized spacial score (nSPS) is 9.56. The van der Waals surface area contributed by atoms with Crippen molar-refractivity contribution in [1.82, 2.24) is 4.98 Å². The minimum Gasteiger partial charge on any atom is -0.372 e. The van der Waals surface area contributed by atoms with E-state index < -0.39 is 0 Å². The van der Waals surface area contributed by atoms with Crippen molar-refractivity contribution in [2.75, 3.05) is 11.9 Å². The lowest BCUT2D eigenvalue weighted by atomic mass is 10.3. The van der Waals surface area contributed by atoms with Crippen molar-refractivity contribution in [3.8, 4) is 0 Å². The van der Waals surface area contributed by atoms with Gasteiger partial charge < -0.3 is 10.3 Å². The Bertz CT molecular complexity index is 179. The molecule has 9 heavy (non-hydrogen) atoms. The van der Waals surface area contributed by atoms with Crippen LogP contribution in [0.25, 0.3) is 0 Å². The summed E-state index contributed by atoms with van der Waals surface area (Å²) in [6.07, 6.45) is 1.94. The highest BCUT2D eigenvalue weighted by Gasteiger charge is 1.92. The molecule has 1 rings (SSSR count). The Morgan fingerprint density at radius 3 is 2.89 bits per heavy atom. The molecule has 0 aromatic carbocycles. The highest BCUT2D eigenvalue weighted by atomic mass is 15.0. The molecular formula is C7H12N2. The zero-order chi connectivity index (χ0) is 6.69. The third-order valence-corrected chi connectivity index (χ3v) is 1.31. The Labute approximate surface area is 55.3 Å². The van der Waals surface area contributed by atoms with Crippen LogP contribution in [-0.2, 0) is 0 Å². The van der Waals surface area contributed by atoms with Crippen molar-refractivity contribution in [1.29, 1.82) is 0 Å². The summed E-state index contributed by atoms with van der Waals surface area (Å²) in [7, 11) is 0. The third-order valence-electron chi connectivity index (χ3n) is 1.31. The predicted molar refractivity (Wildman–Crippen MR) is 39.7 cm³/mol. The van der Waals surface area contributed by atoms with Gasteiger partial charge in [-0.2, -0.15) is 0 Å². The lowest BCUT2D eigenvalue weighted by Crippen LogP contribution is -1.97. The van der Waals surface area contributed by atoms with Crippen molar-refractivity contribution in [3.05, 3.63) is 17.8 Å². The predicted octanol–water partition coefficient (Wildman–Crippen LogP) is 1.75. The van der Waals surface area contributed by atoms with E-state index in [1.54, 1.807) is 0 Å². The standard InChI is InChI=1S/C7H12N2/c1-3-8-7-6(2)4-5-9-7/h4-5,8-9H,3H2,1-2H3. The first-order valence-corrected chi connectivity index (χ1v) is 3.22. The van der Waals surface area contributed by atoms with Crippen molar-refractivity contribution in [2.24, 2.45) is 0 Å². The zero-order valence-corrected chi connectivity index (χ0v) is 5.86. The second kappa shape index (κ2) is 2.58. The molecule has 2 nitrogen and oxygen atoms in total. The van der Waals surface area contributed by atoms with Gasteiger partial charge in [0.15, 0.2) is 0 Å². The van der Waals surface area contributed by atoms with Crippen LogP contribution in [0.15, 0.2) is 12.3 Å². The molecule has 2 N–H and O–H groups in total. The first-order chi connectivity index (χ1) is 4.34. The van der Waals surface area contributed by atoms with Gasteiger partial charge >= 0.3 is 0 Å². The van der Waals surface area contributed by atoms with Crippen LogP contribution < -0.4 is 5.32 Å². The van der Waals surface area contributed by atoms with E-state index in [-0.39, 0.29) is 0 Å². The Kier molecular flexibility index (Phi) is 1.78. The summed E-state index contributed by atoms with van der Waals surface area (Å²) in [4.78, 5) is 3.10. The third kappa shape index (κ3) is 1.25. The maximum absolute atomic E-state index is 3.20. The topological polar surface area (TPSA) is 27.8 Å². The molecule has 0 amide bonds. The number of aryl methyl sites for hydroxylation is 1. The summed E-state index contributed by atoms with van der Waals surface area (Å²) in [6, 6.07) is 2.05. The molecule has 0 aliphatic rings. The lowest BCUT2D eigenvalue weighted by molar-refractivity contribution is 1.17. The number of hydrogen-bond donors (Lipinski definition) is 2. The Morgan fingerprint density at radius 2 is 2.44 bits per heavy atom. The smallest absolute Gasteiger partial charge is 0.106 e. The van der Waals surface area contributed by atoms with Crippen LogP contribution in [0.3, 0.4) is 0 Å². The molecule has 50 valence electrons. The summed E-state index contributed by atoms with van der Waals surface area (Å²) >= 11 is 0. The van der Waals surface area contributed by atoms with Crippen molar-refractivity contribution < 1.29 is 0 Å². The lowest BCUT2D eigenvalue weighted by Gasteiger charge is -1.98. The zero-order valence-electron chi connectivity index (χ0n) is 5.86. The second-order valence-electron chi connectivity index (χ2n) is 2.07. The van der Waals surface area contributed by atoms with E-state index >= 15 is 0 Å². The van der Waals surface area contributed by atoms with Gasteiger partial charge in [-0.25, -0.2) is 0 Å². The summed E-state index contributed by atoms with van der Waals surface area (Å²) in [5, 5.41) is 3.20. The van der Waals surface area contributed by atoms with Gasteiger partial charge in [0, 0.05) is 12.7 Å². The van der Waals surface area contributed by atoms with E-state index in [0.29, 0.717) is 0 Å². The van der Waals surface area contributed by atoms with E-state index in [2.05, 4.69) is 30.2 Å². The largest absolute Gasteiger partial charge is 0.372 e.